The van der Waals surface area contributed by atoms with Gasteiger partial charge >= 0.3 is 16.9 Å². The lowest BCUT2D eigenvalue weighted by Gasteiger charge is -2.11. The van der Waals surface area contributed by atoms with Crippen molar-refractivity contribution in [2.45, 2.75) is 26.9 Å². The lowest BCUT2D eigenvalue weighted by molar-refractivity contribution is -0.380. The normalized spacial score (nSPS) is 11.7. The second-order valence-corrected chi connectivity index (χ2v) is 6.49. The molecule has 2 aromatic heterocycles. The van der Waals surface area contributed by atoms with Crippen LogP contribution >= 0.6 is 11.3 Å². The summed E-state index contributed by atoms with van der Waals surface area (Å²) in [7, 11) is 1.24. The Labute approximate surface area is 152 Å². The zero-order valence-electron chi connectivity index (χ0n) is 14.4. The van der Waals surface area contributed by atoms with Crippen molar-refractivity contribution in [2.75, 3.05) is 7.11 Å². The molecule has 9 nitrogen and oxygen atoms in total. The van der Waals surface area contributed by atoms with Gasteiger partial charge in [0.25, 0.3) is 0 Å². The Balaban J connectivity index is 2.18. The van der Waals surface area contributed by atoms with E-state index in [1.165, 1.54) is 26.2 Å². The number of ketones is 1. The number of esters is 2. The molecule has 2 aromatic rings. The second-order valence-electron chi connectivity index (χ2n) is 5.42. The maximum Gasteiger partial charge on any atom is 0.349 e. The topological polar surface area (TPSA) is 129 Å². The first-order valence-corrected chi connectivity index (χ1v) is 8.25. The zero-order valence-corrected chi connectivity index (χ0v) is 15.3. The van der Waals surface area contributed by atoms with E-state index in [4.69, 9.17) is 4.74 Å². The molecular weight excluding hydrogens is 364 g/mol. The standard InChI is InChI=1S/C16H16N2O7S/c1-7-12(16(21)24-4)8(2)17-13(7)14(19)9(3)25-15(20)10-5-6-11(26-10)18(22)23/h5-6,9,17H,1-4H3/t9-/m1/s1. The largest absolute Gasteiger partial charge is 0.465 e. The summed E-state index contributed by atoms with van der Waals surface area (Å²) in [6, 6.07) is 2.45. The number of aryl methyl sites for hydroxylation is 1. The Morgan fingerprint density at radius 1 is 1.23 bits per heavy atom. The Morgan fingerprint density at radius 3 is 2.42 bits per heavy atom. The van der Waals surface area contributed by atoms with E-state index in [1.807, 2.05) is 0 Å². The molecule has 0 saturated heterocycles. The van der Waals surface area contributed by atoms with E-state index in [0.29, 0.717) is 22.6 Å². The predicted octanol–water partition coefficient (Wildman–Crippen LogP) is 2.82. The average Bonchev–Trinajstić information content (AvgIpc) is 3.19. The fraction of sp³-hybridized carbons (Fsp3) is 0.312. The quantitative estimate of drug-likeness (QED) is 0.353. The third-order valence-electron chi connectivity index (χ3n) is 3.70. The molecule has 0 aliphatic rings. The van der Waals surface area contributed by atoms with Crippen LogP contribution in [0.5, 0.6) is 0 Å². The molecule has 0 aromatic carbocycles. The van der Waals surface area contributed by atoms with Crippen molar-refractivity contribution in [1.82, 2.24) is 4.98 Å². The van der Waals surface area contributed by atoms with Crippen molar-refractivity contribution in [1.29, 1.82) is 0 Å². The van der Waals surface area contributed by atoms with Crippen LogP contribution in [0.4, 0.5) is 5.00 Å². The molecule has 0 aliphatic heterocycles. The summed E-state index contributed by atoms with van der Waals surface area (Å²) in [5, 5.41) is 10.5. The monoisotopic (exact) mass is 380 g/mol. The van der Waals surface area contributed by atoms with Crippen LogP contribution in [0.3, 0.4) is 0 Å². The number of ether oxygens (including phenoxy) is 2. The molecule has 0 saturated carbocycles. The highest BCUT2D eigenvalue weighted by Gasteiger charge is 2.28. The molecule has 0 amide bonds. The number of methoxy groups -OCH3 is 1. The van der Waals surface area contributed by atoms with Crippen molar-refractivity contribution >= 4 is 34.1 Å². The molecule has 2 rings (SSSR count). The number of rotatable bonds is 6. The number of aromatic nitrogens is 1. The number of carbonyl (C=O) groups excluding carboxylic acids is 3. The number of H-pyrrole nitrogens is 1. The first-order valence-electron chi connectivity index (χ1n) is 7.44. The van der Waals surface area contributed by atoms with Gasteiger partial charge in [0.05, 0.1) is 23.3 Å². The van der Waals surface area contributed by atoms with Crippen LogP contribution in [0.15, 0.2) is 12.1 Å². The molecule has 1 atom stereocenters. The van der Waals surface area contributed by atoms with Gasteiger partial charge in [-0.2, -0.15) is 0 Å². The summed E-state index contributed by atoms with van der Waals surface area (Å²) < 4.78 is 9.79. The molecule has 0 radical (unpaired) electrons. The van der Waals surface area contributed by atoms with Crippen molar-refractivity contribution in [3.8, 4) is 0 Å². The summed E-state index contributed by atoms with van der Waals surface area (Å²) in [5.74, 6) is -1.94. The number of carbonyl (C=O) groups is 3. The number of hydrogen-bond donors (Lipinski definition) is 1. The van der Waals surface area contributed by atoms with Gasteiger partial charge in [-0.1, -0.05) is 11.3 Å². The highest BCUT2D eigenvalue weighted by atomic mass is 32.1. The number of Topliss-reactive ketones (excluding diaryl/α,β-unsaturated/α-hetero) is 1. The van der Waals surface area contributed by atoms with Gasteiger partial charge in [-0.15, -0.1) is 0 Å². The molecule has 26 heavy (non-hydrogen) atoms. The zero-order chi connectivity index (χ0) is 19.6. The Kier molecular flexibility index (Phi) is 5.56. The van der Waals surface area contributed by atoms with Crippen LogP contribution in [0.25, 0.3) is 0 Å². The third kappa shape index (κ3) is 3.64. The first kappa shape index (κ1) is 19.3. The summed E-state index contributed by atoms with van der Waals surface area (Å²) in [5.41, 5.74) is 1.25. The fourth-order valence-corrected chi connectivity index (χ4v) is 3.12. The number of hydrogen-bond acceptors (Lipinski definition) is 8. The van der Waals surface area contributed by atoms with E-state index >= 15 is 0 Å². The Bertz CT molecular complexity index is 897. The smallest absolute Gasteiger partial charge is 0.349 e. The molecule has 10 heteroatoms. The van der Waals surface area contributed by atoms with Gasteiger partial charge in [-0.25, -0.2) is 9.59 Å². The molecule has 0 unspecified atom stereocenters. The lowest BCUT2D eigenvalue weighted by atomic mass is 10.1. The van der Waals surface area contributed by atoms with Gasteiger partial charge in [-0.3, -0.25) is 14.9 Å². The molecule has 1 N–H and O–H groups in total. The molecular formula is C16H16N2O7S. The van der Waals surface area contributed by atoms with Crippen LogP contribution < -0.4 is 0 Å². The van der Waals surface area contributed by atoms with Crippen molar-refractivity contribution in [3.63, 3.8) is 0 Å². The average molecular weight is 380 g/mol. The Morgan fingerprint density at radius 2 is 1.88 bits per heavy atom. The van der Waals surface area contributed by atoms with Crippen LogP contribution in [0.1, 0.15) is 48.7 Å². The van der Waals surface area contributed by atoms with Crippen molar-refractivity contribution in [2.24, 2.45) is 0 Å². The molecule has 0 aliphatic carbocycles. The minimum atomic E-state index is -1.15. The van der Waals surface area contributed by atoms with Gasteiger partial charge in [-0.05, 0) is 32.4 Å². The molecule has 0 spiro atoms. The highest BCUT2D eigenvalue weighted by Crippen LogP contribution is 2.25. The van der Waals surface area contributed by atoms with E-state index in [0.717, 1.165) is 0 Å². The predicted molar refractivity (Wildman–Crippen MR) is 91.8 cm³/mol. The molecule has 0 fully saturated rings. The Hall–Kier alpha value is -3.01. The minimum Gasteiger partial charge on any atom is -0.465 e. The second kappa shape index (κ2) is 7.48. The number of nitrogens with zero attached hydrogens (tertiary/aromatic N) is 1. The van der Waals surface area contributed by atoms with E-state index < -0.39 is 28.7 Å². The van der Waals surface area contributed by atoms with Gasteiger partial charge in [0, 0.05) is 11.8 Å². The summed E-state index contributed by atoms with van der Waals surface area (Å²) in [4.78, 5) is 49.3. The third-order valence-corrected chi connectivity index (χ3v) is 4.72. The van der Waals surface area contributed by atoms with Gasteiger partial charge in [0.15, 0.2) is 6.10 Å². The van der Waals surface area contributed by atoms with Crippen LogP contribution in [0.2, 0.25) is 0 Å². The SMILES string of the molecule is COC(=O)c1c(C)[nH]c(C(=O)[C@@H](C)OC(=O)c2ccc([N+](=O)[O-])s2)c1C. The summed E-state index contributed by atoms with van der Waals surface area (Å²) in [6.45, 7) is 4.59. The fourth-order valence-electron chi connectivity index (χ4n) is 2.42. The van der Waals surface area contributed by atoms with Crippen molar-refractivity contribution in [3.05, 3.63) is 49.6 Å². The summed E-state index contributed by atoms with van der Waals surface area (Å²) in [6.07, 6.45) is -1.15. The van der Waals surface area contributed by atoms with E-state index in [2.05, 4.69) is 9.72 Å². The number of aromatic amines is 1. The summed E-state index contributed by atoms with van der Waals surface area (Å²) >= 11 is 0.661. The maximum atomic E-state index is 12.6. The van der Waals surface area contributed by atoms with E-state index in [-0.39, 0.29) is 21.1 Å². The van der Waals surface area contributed by atoms with Gasteiger partial charge in [0.2, 0.25) is 5.78 Å². The number of nitro groups is 1. The lowest BCUT2D eigenvalue weighted by Crippen LogP contribution is -2.25. The maximum absolute atomic E-state index is 12.6. The van der Waals surface area contributed by atoms with E-state index in [9.17, 15) is 24.5 Å². The van der Waals surface area contributed by atoms with Crippen LogP contribution in [-0.4, -0.2) is 40.8 Å². The minimum absolute atomic E-state index is 0.0194. The van der Waals surface area contributed by atoms with Gasteiger partial charge < -0.3 is 14.5 Å². The molecule has 0 bridgehead atoms. The molecule has 138 valence electrons. The van der Waals surface area contributed by atoms with Crippen LogP contribution in [0, 0.1) is 24.0 Å². The highest BCUT2D eigenvalue weighted by molar-refractivity contribution is 7.17. The van der Waals surface area contributed by atoms with Crippen LogP contribution in [-0.2, 0) is 9.47 Å². The molecule has 2 heterocycles. The first-order chi connectivity index (χ1) is 12.2. The number of nitrogens with one attached hydrogen (secondary N) is 1. The van der Waals surface area contributed by atoms with E-state index in [1.54, 1.807) is 13.8 Å². The van der Waals surface area contributed by atoms with Gasteiger partial charge in [0.1, 0.15) is 4.88 Å². The number of thiophene rings is 1. The van der Waals surface area contributed by atoms with Crippen molar-refractivity contribution < 1.29 is 28.8 Å².